The molecule has 0 saturated carbocycles. The molecule has 1 heterocycles. The van der Waals surface area contributed by atoms with Crippen LogP contribution in [0.4, 0.5) is 15.8 Å². The minimum Gasteiger partial charge on any atom is -0.330 e. The van der Waals surface area contributed by atoms with Crippen molar-refractivity contribution in [2.24, 2.45) is 0 Å². The van der Waals surface area contributed by atoms with Crippen LogP contribution in [0.15, 0.2) is 60.0 Å². The van der Waals surface area contributed by atoms with Crippen LogP contribution in [0.1, 0.15) is 16.6 Å². The molecule has 3 nitrogen and oxygen atoms in total. The summed E-state index contributed by atoms with van der Waals surface area (Å²) >= 11 is 2.84. The lowest BCUT2D eigenvalue weighted by atomic mass is 10.1. The number of amides is 1. The highest BCUT2D eigenvalue weighted by Crippen LogP contribution is 2.27. The first-order chi connectivity index (χ1) is 12.2. The van der Waals surface area contributed by atoms with Crippen LogP contribution in [0.5, 0.6) is 0 Å². The van der Waals surface area contributed by atoms with E-state index in [1.54, 1.807) is 6.07 Å². The molecular weight excluding hydrogens is 355 g/mol. The third-order valence-electron chi connectivity index (χ3n) is 3.42. The number of rotatable bonds is 6. The first kappa shape index (κ1) is 17.5. The number of carbonyl (C=O) groups excluding carboxylic acids is 1. The van der Waals surface area contributed by atoms with Gasteiger partial charge in [-0.2, -0.15) is 0 Å². The van der Waals surface area contributed by atoms with Crippen LogP contribution in [-0.4, -0.2) is 11.7 Å². The Balaban J connectivity index is 1.74. The lowest BCUT2D eigenvalue weighted by molar-refractivity contribution is 0.103. The van der Waals surface area contributed by atoms with E-state index in [-0.39, 0.29) is 5.91 Å². The molecule has 0 aliphatic carbocycles. The summed E-state index contributed by atoms with van der Waals surface area (Å²) in [5.74, 6) is 0.218. The molecule has 0 spiro atoms. The molecule has 128 valence electrons. The Morgan fingerprint density at radius 3 is 2.60 bits per heavy atom. The summed E-state index contributed by atoms with van der Waals surface area (Å²) in [7, 11) is 0. The molecule has 2 aromatic carbocycles. The largest absolute Gasteiger partial charge is 0.330 e. The fourth-order valence-electron chi connectivity index (χ4n) is 2.31. The van der Waals surface area contributed by atoms with Gasteiger partial charge in [-0.15, -0.1) is 11.3 Å². The van der Waals surface area contributed by atoms with Gasteiger partial charge in [-0.1, -0.05) is 49.2 Å². The zero-order valence-corrected chi connectivity index (χ0v) is 15.2. The van der Waals surface area contributed by atoms with Crippen molar-refractivity contribution in [3.63, 3.8) is 0 Å². The van der Waals surface area contributed by atoms with Gasteiger partial charge >= 0.3 is 0 Å². The van der Waals surface area contributed by atoms with E-state index in [1.807, 2.05) is 48.7 Å². The fraction of sp³-hybridized carbons (Fsp3) is 0.105. The number of benzene rings is 2. The molecule has 1 amide bonds. The van der Waals surface area contributed by atoms with Gasteiger partial charge in [-0.3, -0.25) is 4.79 Å². The van der Waals surface area contributed by atoms with Crippen LogP contribution >= 0.6 is 23.3 Å². The van der Waals surface area contributed by atoms with Gasteiger partial charge in [-0.25, -0.2) is 4.39 Å². The van der Waals surface area contributed by atoms with Gasteiger partial charge in [0.15, 0.2) is 0 Å². The average Bonchev–Trinajstić information content (AvgIpc) is 3.10. The zero-order chi connectivity index (χ0) is 17.6. The molecule has 0 radical (unpaired) electrons. The van der Waals surface area contributed by atoms with Crippen molar-refractivity contribution in [3.05, 3.63) is 70.7 Å². The maximum absolute atomic E-state index is 13.7. The van der Waals surface area contributed by atoms with Crippen molar-refractivity contribution in [1.82, 2.24) is 0 Å². The molecule has 0 atom stereocenters. The van der Waals surface area contributed by atoms with Gasteiger partial charge in [0.05, 0.1) is 4.88 Å². The number of anilines is 2. The molecule has 1 aromatic heterocycles. The topological polar surface area (TPSA) is 41.1 Å². The number of halogens is 1. The zero-order valence-electron chi connectivity index (χ0n) is 13.6. The summed E-state index contributed by atoms with van der Waals surface area (Å²) in [6.07, 6.45) is 0. The standard InChI is InChI=1S/C19H17FN2OS2/c1-2-25-22-17-10-15(20)9-16(11-17)21-19(23)18-8-14(12-24-18)13-6-4-3-5-7-13/h3-12,22H,2H2,1H3,(H,21,23). The van der Waals surface area contributed by atoms with E-state index in [0.717, 1.165) is 16.9 Å². The first-order valence-corrected chi connectivity index (χ1v) is 9.66. The Hall–Kier alpha value is -2.31. The Bertz CT molecular complexity index is 865. The maximum Gasteiger partial charge on any atom is 0.265 e. The van der Waals surface area contributed by atoms with E-state index >= 15 is 0 Å². The van der Waals surface area contributed by atoms with Crippen molar-refractivity contribution in [1.29, 1.82) is 0 Å². The Labute approximate surface area is 154 Å². The summed E-state index contributed by atoms with van der Waals surface area (Å²) in [5, 5.41) is 4.71. The molecule has 0 fully saturated rings. The average molecular weight is 372 g/mol. The number of nitrogens with one attached hydrogen (secondary N) is 2. The molecule has 0 unspecified atom stereocenters. The van der Waals surface area contributed by atoms with Gasteiger partial charge in [-0.05, 0) is 40.8 Å². The predicted molar refractivity (Wildman–Crippen MR) is 106 cm³/mol. The number of hydrogen-bond donors (Lipinski definition) is 2. The van der Waals surface area contributed by atoms with Crippen LogP contribution in [0, 0.1) is 5.82 Å². The third-order valence-corrected chi connectivity index (χ3v) is 5.02. The summed E-state index contributed by atoms with van der Waals surface area (Å²) in [5.41, 5.74) is 3.11. The molecule has 25 heavy (non-hydrogen) atoms. The first-order valence-electron chi connectivity index (χ1n) is 7.79. The highest BCUT2D eigenvalue weighted by Gasteiger charge is 2.11. The van der Waals surface area contributed by atoms with Gasteiger partial charge in [0.2, 0.25) is 0 Å². The normalized spacial score (nSPS) is 10.5. The minimum atomic E-state index is -0.395. The second kappa shape index (κ2) is 8.18. The molecule has 6 heteroatoms. The lowest BCUT2D eigenvalue weighted by Crippen LogP contribution is -2.10. The van der Waals surface area contributed by atoms with Crippen LogP contribution < -0.4 is 10.0 Å². The molecule has 3 aromatic rings. The molecule has 2 N–H and O–H groups in total. The van der Waals surface area contributed by atoms with Crippen molar-refractivity contribution < 1.29 is 9.18 Å². The monoisotopic (exact) mass is 372 g/mol. The lowest BCUT2D eigenvalue weighted by Gasteiger charge is -2.08. The van der Waals surface area contributed by atoms with E-state index in [1.165, 1.54) is 35.4 Å². The Kier molecular flexibility index (Phi) is 5.73. The molecule has 0 aliphatic rings. The van der Waals surface area contributed by atoms with Crippen LogP contribution in [0.3, 0.4) is 0 Å². The molecule has 0 aliphatic heterocycles. The van der Waals surface area contributed by atoms with Crippen LogP contribution in [0.25, 0.3) is 11.1 Å². The van der Waals surface area contributed by atoms with E-state index in [9.17, 15) is 9.18 Å². The summed E-state index contributed by atoms with van der Waals surface area (Å²) in [6.45, 7) is 2.00. The van der Waals surface area contributed by atoms with E-state index in [0.29, 0.717) is 16.3 Å². The van der Waals surface area contributed by atoms with E-state index in [2.05, 4.69) is 10.0 Å². The number of carbonyl (C=O) groups is 1. The fourth-order valence-corrected chi connectivity index (χ4v) is 3.55. The molecule has 3 rings (SSSR count). The van der Waals surface area contributed by atoms with Crippen LogP contribution in [0.2, 0.25) is 0 Å². The minimum absolute atomic E-state index is 0.244. The summed E-state index contributed by atoms with van der Waals surface area (Å²) < 4.78 is 16.8. The van der Waals surface area contributed by atoms with Crippen molar-refractivity contribution in [3.8, 4) is 11.1 Å². The second-order valence-electron chi connectivity index (χ2n) is 5.28. The highest BCUT2D eigenvalue weighted by molar-refractivity contribution is 8.00. The third kappa shape index (κ3) is 4.61. The molecular formula is C19H17FN2OS2. The number of thiophene rings is 1. The van der Waals surface area contributed by atoms with Crippen molar-refractivity contribution >= 4 is 40.6 Å². The van der Waals surface area contributed by atoms with Crippen LogP contribution in [-0.2, 0) is 0 Å². The summed E-state index contributed by atoms with van der Waals surface area (Å²) in [6, 6.07) is 16.2. The smallest absolute Gasteiger partial charge is 0.265 e. The SMILES string of the molecule is CCSNc1cc(F)cc(NC(=O)c2cc(-c3ccccc3)cs2)c1. The second-order valence-corrected chi connectivity index (χ2v) is 7.26. The maximum atomic E-state index is 13.7. The Morgan fingerprint density at radius 1 is 1.08 bits per heavy atom. The highest BCUT2D eigenvalue weighted by atomic mass is 32.2. The molecule has 0 bridgehead atoms. The van der Waals surface area contributed by atoms with Crippen molar-refractivity contribution in [2.75, 3.05) is 15.8 Å². The quantitative estimate of drug-likeness (QED) is 0.530. The van der Waals surface area contributed by atoms with Gasteiger partial charge in [0.25, 0.3) is 5.91 Å². The van der Waals surface area contributed by atoms with Gasteiger partial charge in [0.1, 0.15) is 5.82 Å². The Morgan fingerprint density at radius 2 is 1.84 bits per heavy atom. The van der Waals surface area contributed by atoms with Crippen molar-refractivity contribution in [2.45, 2.75) is 6.92 Å². The van der Waals surface area contributed by atoms with Gasteiger partial charge in [0, 0.05) is 17.1 Å². The van der Waals surface area contributed by atoms with Gasteiger partial charge < -0.3 is 10.0 Å². The molecule has 0 saturated heterocycles. The number of hydrogen-bond acceptors (Lipinski definition) is 4. The summed E-state index contributed by atoms with van der Waals surface area (Å²) in [4.78, 5) is 13.0. The predicted octanol–water partition coefficient (Wildman–Crippen LogP) is 5.89. The van der Waals surface area contributed by atoms with E-state index < -0.39 is 5.82 Å². The van der Waals surface area contributed by atoms with E-state index in [4.69, 9.17) is 0 Å².